The standard InChI is InChI=1S/C13H15BrClNO4S/c1-8-9(13(17)18)4-3-7-16(8)21(19,20)12-10(14)5-2-6-11(12)15/h2,5-6,8-9H,3-4,7H2,1H3,(H,17,18)/t8-,9-/m1/s1. The van der Waals surface area contributed by atoms with Crippen molar-refractivity contribution in [2.24, 2.45) is 5.92 Å². The molecule has 0 radical (unpaired) electrons. The summed E-state index contributed by atoms with van der Waals surface area (Å²) in [6.45, 7) is 1.92. The van der Waals surface area contributed by atoms with Crippen LogP contribution in [0.15, 0.2) is 27.6 Å². The second-order valence-corrected chi connectivity index (χ2v) is 8.08. The van der Waals surface area contributed by atoms with Gasteiger partial charge in [0.05, 0.1) is 10.9 Å². The molecule has 0 aliphatic carbocycles. The molecule has 1 aromatic carbocycles. The van der Waals surface area contributed by atoms with E-state index in [4.69, 9.17) is 11.6 Å². The minimum atomic E-state index is -3.85. The summed E-state index contributed by atoms with van der Waals surface area (Å²) in [7, 11) is -3.85. The average molecular weight is 397 g/mol. The van der Waals surface area contributed by atoms with E-state index < -0.39 is 28.0 Å². The first-order valence-corrected chi connectivity index (χ1v) is 9.06. The van der Waals surface area contributed by atoms with Gasteiger partial charge in [-0.05, 0) is 47.8 Å². The highest BCUT2D eigenvalue weighted by Gasteiger charge is 2.40. The van der Waals surface area contributed by atoms with Crippen molar-refractivity contribution in [2.75, 3.05) is 6.54 Å². The highest BCUT2D eigenvalue weighted by Crippen LogP contribution is 2.35. The Bertz CT molecular complexity index is 644. The summed E-state index contributed by atoms with van der Waals surface area (Å²) in [6, 6.07) is 4.14. The molecule has 2 atom stereocenters. The van der Waals surface area contributed by atoms with Crippen molar-refractivity contribution >= 4 is 43.5 Å². The van der Waals surface area contributed by atoms with Crippen molar-refractivity contribution in [1.29, 1.82) is 0 Å². The van der Waals surface area contributed by atoms with Crippen LogP contribution in [0.1, 0.15) is 19.8 Å². The van der Waals surface area contributed by atoms with Gasteiger partial charge in [-0.1, -0.05) is 17.7 Å². The molecule has 0 spiro atoms. The molecule has 5 nitrogen and oxygen atoms in total. The van der Waals surface area contributed by atoms with Crippen molar-refractivity contribution in [2.45, 2.75) is 30.7 Å². The van der Waals surface area contributed by atoms with E-state index >= 15 is 0 Å². The largest absolute Gasteiger partial charge is 0.481 e. The van der Waals surface area contributed by atoms with E-state index in [9.17, 15) is 18.3 Å². The Morgan fingerprint density at radius 2 is 2.14 bits per heavy atom. The first-order chi connectivity index (χ1) is 9.76. The van der Waals surface area contributed by atoms with Gasteiger partial charge in [0.2, 0.25) is 10.0 Å². The molecule has 2 rings (SSSR count). The van der Waals surface area contributed by atoms with Crippen LogP contribution in [0.4, 0.5) is 0 Å². The summed E-state index contributed by atoms with van der Waals surface area (Å²) < 4.78 is 27.3. The van der Waals surface area contributed by atoms with Crippen molar-refractivity contribution in [3.63, 3.8) is 0 Å². The van der Waals surface area contributed by atoms with E-state index in [-0.39, 0.29) is 9.92 Å². The Hall–Kier alpha value is -0.630. The molecule has 0 saturated carbocycles. The van der Waals surface area contributed by atoms with Gasteiger partial charge in [-0.15, -0.1) is 0 Å². The lowest BCUT2D eigenvalue weighted by Gasteiger charge is -2.36. The molecule has 0 unspecified atom stereocenters. The minimum Gasteiger partial charge on any atom is -0.481 e. The van der Waals surface area contributed by atoms with Crippen LogP contribution in [0, 0.1) is 5.92 Å². The van der Waals surface area contributed by atoms with Gasteiger partial charge in [-0.25, -0.2) is 8.42 Å². The zero-order valence-corrected chi connectivity index (χ0v) is 14.4. The summed E-state index contributed by atoms with van der Waals surface area (Å²) in [4.78, 5) is 11.2. The number of hydrogen-bond donors (Lipinski definition) is 1. The minimum absolute atomic E-state index is 0.00967. The first-order valence-electron chi connectivity index (χ1n) is 6.45. The molecule has 1 N–H and O–H groups in total. The van der Waals surface area contributed by atoms with E-state index in [1.54, 1.807) is 19.1 Å². The Morgan fingerprint density at radius 3 is 2.71 bits per heavy atom. The van der Waals surface area contributed by atoms with E-state index in [0.29, 0.717) is 23.9 Å². The molecule has 1 aliphatic heterocycles. The zero-order chi connectivity index (χ0) is 15.8. The second kappa shape index (κ2) is 6.24. The lowest BCUT2D eigenvalue weighted by Crippen LogP contribution is -2.49. The van der Waals surface area contributed by atoms with Crippen LogP contribution >= 0.6 is 27.5 Å². The molecule has 116 valence electrons. The van der Waals surface area contributed by atoms with Gasteiger partial charge in [0, 0.05) is 17.1 Å². The van der Waals surface area contributed by atoms with Crippen molar-refractivity contribution in [3.05, 3.63) is 27.7 Å². The summed E-state index contributed by atoms with van der Waals surface area (Å²) in [5, 5.41) is 9.33. The lowest BCUT2D eigenvalue weighted by atomic mass is 9.92. The van der Waals surface area contributed by atoms with Gasteiger partial charge >= 0.3 is 5.97 Å². The lowest BCUT2D eigenvalue weighted by molar-refractivity contribution is -0.144. The molecular formula is C13H15BrClNO4S. The normalized spacial score (nSPS) is 24.0. The van der Waals surface area contributed by atoms with E-state index in [2.05, 4.69) is 15.9 Å². The maximum Gasteiger partial charge on any atom is 0.308 e. The first kappa shape index (κ1) is 16.7. The van der Waals surface area contributed by atoms with Crippen LogP contribution < -0.4 is 0 Å². The summed E-state index contributed by atoms with van der Waals surface area (Å²) in [5.74, 6) is -1.67. The second-order valence-electron chi connectivity index (χ2n) is 4.99. The van der Waals surface area contributed by atoms with Gasteiger partial charge in [-0.2, -0.15) is 4.31 Å². The van der Waals surface area contributed by atoms with Crippen LogP contribution in [0.25, 0.3) is 0 Å². The van der Waals surface area contributed by atoms with Crippen LogP contribution in [0.5, 0.6) is 0 Å². The Kier molecular flexibility index (Phi) is 4.97. The van der Waals surface area contributed by atoms with E-state index in [0.717, 1.165) is 0 Å². The molecule has 0 bridgehead atoms. The number of rotatable bonds is 3. The molecule has 21 heavy (non-hydrogen) atoms. The highest BCUT2D eigenvalue weighted by molar-refractivity contribution is 9.10. The van der Waals surface area contributed by atoms with Crippen LogP contribution in [-0.4, -0.2) is 36.4 Å². The van der Waals surface area contributed by atoms with Gasteiger partial charge in [0.25, 0.3) is 0 Å². The Labute approximate surface area is 137 Å². The number of benzene rings is 1. The number of nitrogens with zero attached hydrogens (tertiary/aromatic N) is 1. The average Bonchev–Trinajstić information content (AvgIpc) is 2.37. The third kappa shape index (κ3) is 3.11. The number of halogens is 2. The van der Waals surface area contributed by atoms with Crippen molar-refractivity contribution in [1.82, 2.24) is 4.31 Å². The molecule has 1 aromatic rings. The quantitative estimate of drug-likeness (QED) is 0.852. The molecular weight excluding hydrogens is 382 g/mol. The van der Waals surface area contributed by atoms with Gasteiger partial charge in [0.1, 0.15) is 4.90 Å². The molecule has 0 aromatic heterocycles. The number of carbonyl (C=O) groups is 1. The third-order valence-electron chi connectivity index (χ3n) is 3.73. The van der Waals surface area contributed by atoms with Crippen LogP contribution in [0.3, 0.4) is 0 Å². The van der Waals surface area contributed by atoms with E-state index in [1.165, 1.54) is 10.4 Å². The van der Waals surface area contributed by atoms with Crippen molar-refractivity contribution in [3.8, 4) is 0 Å². The fourth-order valence-corrected chi connectivity index (χ4v) is 6.01. The summed E-state index contributed by atoms with van der Waals surface area (Å²) in [5.41, 5.74) is 0. The number of sulfonamides is 1. The predicted molar refractivity (Wildman–Crippen MR) is 82.9 cm³/mol. The maximum absolute atomic E-state index is 12.8. The predicted octanol–water partition coefficient (Wildman–Crippen LogP) is 2.98. The summed E-state index contributed by atoms with van der Waals surface area (Å²) >= 11 is 9.23. The number of piperidine rings is 1. The molecule has 1 heterocycles. The van der Waals surface area contributed by atoms with Gasteiger partial charge < -0.3 is 5.11 Å². The molecule has 1 fully saturated rings. The van der Waals surface area contributed by atoms with Crippen LogP contribution in [0.2, 0.25) is 5.02 Å². The monoisotopic (exact) mass is 395 g/mol. The molecule has 8 heteroatoms. The topological polar surface area (TPSA) is 74.7 Å². The smallest absolute Gasteiger partial charge is 0.308 e. The summed E-state index contributed by atoms with van der Waals surface area (Å²) in [6.07, 6.45) is 0.995. The Balaban J connectivity index is 2.46. The van der Waals surface area contributed by atoms with E-state index in [1.807, 2.05) is 0 Å². The van der Waals surface area contributed by atoms with Gasteiger partial charge in [0.15, 0.2) is 0 Å². The molecule has 1 aliphatic rings. The van der Waals surface area contributed by atoms with Crippen molar-refractivity contribution < 1.29 is 18.3 Å². The fourth-order valence-electron chi connectivity index (χ4n) is 2.63. The molecule has 0 amide bonds. The third-order valence-corrected chi connectivity index (χ3v) is 7.17. The Morgan fingerprint density at radius 1 is 1.48 bits per heavy atom. The highest BCUT2D eigenvalue weighted by atomic mass is 79.9. The van der Waals surface area contributed by atoms with Gasteiger partial charge in [-0.3, -0.25) is 4.79 Å². The fraction of sp³-hybridized carbons (Fsp3) is 0.462. The number of hydrogen-bond acceptors (Lipinski definition) is 3. The number of carboxylic acids is 1. The maximum atomic E-state index is 12.8. The number of aliphatic carboxylic acids is 1. The number of carboxylic acid groups (broad SMARTS) is 1. The van der Waals surface area contributed by atoms with Crippen LogP contribution in [-0.2, 0) is 14.8 Å². The SMILES string of the molecule is C[C@@H]1[C@H](C(=O)O)CCCN1S(=O)(=O)c1c(Cl)cccc1Br. The zero-order valence-electron chi connectivity index (χ0n) is 11.3. The molecule has 1 saturated heterocycles.